The molecule has 0 aliphatic carbocycles. The van der Waals surface area contributed by atoms with E-state index in [1.807, 2.05) is 6.92 Å². The van der Waals surface area contributed by atoms with E-state index < -0.39 is 0 Å². The first-order valence-corrected chi connectivity index (χ1v) is 9.35. The van der Waals surface area contributed by atoms with Gasteiger partial charge in [0.2, 0.25) is 11.8 Å². The van der Waals surface area contributed by atoms with Crippen LogP contribution in [-0.2, 0) is 11.2 Å². The van der Waals surface area contributed by atoms with Crippen molar-refractivity contribution in [2.75, 3.05) is 26.2 Å². The van der Waals surface area contributed by atoms with Crippen molar-refractivity contribution in [3.8, 4) is 0 Å². The summed E-state index contributed by atoms with van der Waals surface area (Å²) in [7, 11) is 0. The normalized spacial score (nSPS) is 23.8. The smallest absolute Gasteiger partial charge is 0.226 e. The molecule has 2 aliphatic rings. The number of aryl methyl sites for hydroxylation is 1. The number of rotatable bonds is 4. The second-order valence-electron chi connectivity index (χ2n) is 7.64. The largest absolute Gasteiger partial charge is 0.342 e. The van der Waals surface area contributed by atoms with Crippen LogP contribution < -0.4 is 0 Å². The third-order valence-corrected chi connectivity index (χ3v) is 5.49. The Balaban J connectivity index is 1.48. The molecule has 2 saturated heterocycles. The highest BCUT2D eigenvalue weighted by Crippen LogP contribution is 2.25. The maximum absolute atomic E-state index is 12.8. The number of hydrogen-bond acceptors (Lipinski definition) is 5. The topological polar surface area (TPSA) is 62.5 Å². The minimum absolute atomic E-state index is 0.191. The first kappa shape index (κ1) is 17.4. The summed E-state index contributed by atoms with van der Waals surface area (Å²) >= 11 is 0. The van der Waals surface area contributed by atoms with Crippen molar-refractivity contribution in [3.63, 3.8) is 0 Å². The van der Waals surface area contributed by atoms with E-state index in [0.717, 1.165) is 64.2 Å². The molecule has 6 heteroatoms. The van der Waals surface area contributed by atoms with Gasteiger partial charge in [-0.3, -0.25) is 4.79 Å². The minimum Gasteiger partial charge on any atom is -0.342 e. The van der Waals surface area contributed by atoms with Gasteiger partial charge in [-0.15, -0.1) is 0 Å². The van der Waals surface area contributed by atoms with Crippen LogP contribution in [0.2, 0.25) is 0 Å². The molecule has 2 aliphatic heterocycles. The number of amides is 1. The van der Waals surface area contributed by atoms with Crippen LogP contribution in [0.3, 0.4) is 0 Å². The van der Waals surface area contributed by atoms with Crippen LogP contribution in [0.4, 0.5) is 0 Å². The summed E-state index contributed by atoms with van der Waals surface area (Å²) < 4.78 is 5.22. The summed E-state index contributed by atoms with van der Waals surface area (Å²) in [6, 6.07) is 0.532. The lowest BCUT2D eigenvalue weighted by Crippen LogP contribution is -2.48. The van der Waals surface area contributed by atoms with Crippen LogP contribution in [0.5, 0.6) is 0 Å². The third kappa shape index (κ3) is 4.15. The molecular weight excluding hydrogens is 304 g/mol. The van der Waals surface area contributed by atoms with Crippen molar-refractivity contribution >= 4 is 5.91 Å². The molecule has 2 fully saturated rings. The van der Waals surface area contributed by atoms with Crippen molar-refractivity contribution in [1.29, 1.82) is 0 Å². The van der Waals surface area contributed by atoms with E-state index in [9.17, 15) is 4.79 Å². The lowest BCUT2D eigenvalue weighted by atomic mass is 9.91. The summed E-state index contributed by atoms with van der Waals surface area (Å²) in [4.78, 5) is 21.7. The lowest BCUT2D eigenvalue weighted by Gasteiger charge is -2.39. The van der Waals surface area contributed by atoms with Gasteiger partial charge in [0.1, 0.15) is 0 Å². The molecule has 1 amide bonds. The Morgan fingerprint density at radius 1 is 1.25 bits per heavy atom. The fourth-order valence-corrected chi connectivity index (χ4v) is 3.96. The Hall–Kier alpha value is -1.43. The van der Waals surface area contributed by atoms with Crippen molar-refractivity contribution in [2.24, 2.45) is 11.8 Å². The summed E-state index contributed by atoms with van der Waals surface area (Å²) in [6.45, 7) is 10.1. The van der Waals surface area contributed by atoms with Crippen molar-refractivity contribution in [1.82, 2.24) is 19.9 Å². The highest BCUT2D eigenvalue weighted by Gasteiger charge is 2.32. The maximum atomic E-state index is 12.8. The minimum atomic E-state index is 0.191. The predicted molar refractivity (Wildman–Crippen MR) is 91.5 cm³/mol. The molecule has 1 aromatic rings. The number of likely N-dealkylation sites (tertiary alicyclic amines) is 2. The molecule has 3 heterocycles. The Morgan fingerprint density at radius 2 is 2.00 bits per heavy atom. The van der Waals surface area contributed by atoms with Crippen LogP contribution >= 0.6 is 0 Å². The fraction of sp³-hybridized carbons (Fsp3) is 0.833. The lowest BCUT2D eigenvalue weighted by molar-refractivity contribution is -0.139. The Kier molecular flexibility index (Phi) is 5.54. The van der Waals surface area contributed by atoms with Gasteiger partial charge in [0, 0.05) is 32.1 Å². The van der Waals surface area contributed by atoms with Crippen LogP contribution in [0.25, 0.3) is 0 Å². The van der Waals surface area contributed by atoms with Gasteiger partial charge >= 0.3 is 0 Å². The van der Waals surface area contributed by atoms with Gasteiger partial charge in [0.05, 0.1) is 5.92 Å². The molecule has 1 aromatic heterocycles. The fourth-order valence-electron chi connectivity index (χ4n) is 3.96. The van der Waals surface area contributed by atoms with Gasteiger partial charge in [-0.1, -0.05) is 5.16 Å². The van der Waals surface area contributed by atoms with Gasteiger partial charge in [0.25, 0.3) is 0 Å². The van der Waals surface area contributed by atoms with Crippen LogP contribution in [0.1, 0.15) is 51.2 Å². The van der Waals surface area contributed by atoms with Gasteiger partial charge < -0.3 is 14.3 Å². The zero-order valence-electron chi connectivity index (χ0n) is 15.2. The Bertz CT molecular complexity index is 549. The molecule has 0 saturated carbocycles. The average Bonchev–Trinajstić information content (AvgIpc) is 3.00. The number of piperidine rings is 2. The number of nitrogens with zero attached hydrogens (tertiary/aromatic N) is 4. The number of aromatic nitrogens is 2. The SMILES string of the molecule is Cc1noc(CC2CCN(C(=O)[C@@H]3CCCN(C(C)C)C3)CC2)n1. The third-order valence-electron chi connectivity index (χ3n) is 5.49. The first-order valence-electron chi connectivity index (χ1n) is 9.35. The standard InChI is InChI=1S/C18H30N4O2/c1-13(2)22-8-4-5-16(12-22)18(23)21-9-6-15(7-10-21)11-17-19-14(3)20-24-17/h13,15-16H,4-12H2,1-3H3/t16-/m1/s1. The summed E-state index contributed by atoms with van der Waals surface area (Å²) in [5.41, 5.74) is 0. The van der Waals surface area contributed by atoms with Crippen molar-refractivity contribution in [3.05, 3.63) is 11.7 Å². The van der Waals surface area contributed by atoms with Gasteiger partial charge in [-0.2, -0.15) is 4.98 Å². The highest BCUT2D eigenvalue weighted by atomic mass is 16.5. The van der Waals surface area contributed by atoms with Gasteiger partial charge in [-0.25, -0.2) is 0 Å². The number of hydrogen-bond donors (Lipinski definition) is 0. The molecule has 3 rings (SSSR count). The van der Waals surface area contributed by atoms with E-state index in [1.54, 1.807) is 0 Å². The summed E-state index contributed by atoms with van der Waals surface area (Å²) in [5, 5.41) is 3.85. The van der Waals surface area contributed by atoms with Gasteiger partial charge in [0.15, 0.2) is 5.82 Å². The molecule has 0 spiro atoms. The number of carbonyl (C=O) groups is 1. The Labute approximate surface area is 144 Å². The molecule has 0 aromatic carbocycles. The van der Waals surface area contributed by atoms with Crippen LogP contribution in [0, 0.1) is 18.8 Å². The second-order valence-corrected chi connectivity index (χ2v) is 7.64. The summed E-state index contributed by atoms with van der Waals surface area (Å²) in [5.74, 6) is 2.54. The average molecular weight is 334 g/mol. The first-order chi connectivity index (χ1) is 11.5. The second kappa shape index (κ2) is 7.64. The molecule has 24 heavy (non-hydrogen) atoms. The Morgan fingerprint density at radius 3 is 2.62 bits per heavy atom. The maximum Gasteiger partial charge on any atom is 0.226 e. The molecule has 6 nitrogen and oxygen atoms in total. The number of carbonyl (C=O) groups excluding carboxylic acids is 1. The molecule has 1 atom stereocenters. The van der Waals surface area contributed by atoms with Gasteiger partial charge in [-0.05, 0) is 58.9 Å². The molecule has 0 bridgehead atoms. The molecule has 0 radical (unpaired) electrons. The molecule has 0 unspecified atom stereocenters. The molecule has 0 N–H and O–H groups in total. The van der Waals surface area contributed by atoms with E-state index >= 15 is 0 Å². The zero-order chi connectivity index (χ0) is 17.1. The molecule has 134 valence electrons. The zero-order valence-corrected chi connectivity index (χ0v) is 15.2. The predicted octanol–water partition coefficient (Wildman–Crippen LogP) is 2.28. The van der Waals surface area contributed by atoms with E-state index in [2.05, 4.69) is 33.8 Å². The highest BCUT2D eigenvalue weighted by molar-refractivity contribution is 5.79. The van der Waals surface area contributed by atoms with Crippen molar-refractivity contribution in [2.45, 2.75) is 58.9 Å². The quantitative estimate of drug-likeness (QED) is 0.845. The van der Waals surface area contributed by atoms with E-state index in [-0.39, 0.29) is 5.92 Å². The van der Waals surface area contributed by atoms with E-state index in [1.165, 1.54) is 0 Å². The van der Waals surface area contributed by atoms with E-state index in [4.69, 9.17) is 4.52 Å². The van der Waals surface area contributed by atoms with E-state index in [0.29, 0.717) is 23.7 Å². The monoisotopic (exact) mass is 334 g/mol. The van der Waals surface area contributed by atoms with Crippen LogP contribution in [0.15, 0.2) is 4.52 Å². The van der Waals surface area contributed by atoms with Crippen LogP contribution in [-0.4, -0.2) is 58.1 Å². The summed E-state index contributed by atoms with van der Waals surface area (Å²) in [6.07, 6.45) is 5.10. The molecular formula is C18H30N4O2. The van der Waals surface area contributed by atoms with Crippen molar-refractivity contribution < 1.29 is 9.32 Å².